The van der Waals surface area contributed by atoms with Crippen LogP contribution in [-0.2, 0) is 0 Å². The summed E-state index contributed by atoms with van der Waals surface area (Å²) in [6.07, 6.45) is 1.85. The first kappa shape index (κ1) is 13.9. The van der Waals surface area contributed by atoms with Gasteiger partial charge in [0.05, 0.1) is 5.03 Å². The Labute approximate surface area is 130 Å². The van der Waals surface area contributed by atoms with Crippen LogP contribution in [0.4, 0.5) is 0 Å². The van der Waals surface area contributed by atoms with E-state index in [-0.39, 0.29) is 0 Å². The molecule has 0 atom stereocenters. The number of thioether (sulfide) groups is 1. The first-order valence-electron chi connectivity index (χ1n) is 7.07. The monoisotopic (exact) mass is 291 g/mol. The summed E-state index contributed by atoms with van der Waals surface area (Å²) in [5.41, 5.74) is 2.71. The smallest absolute Gasteiger partial charge is 0.0960 e. The van der Waals surface area contributed by atoms with Crippen molar-refractivity contribution in [1.29, 1.82) is 0 Å². The van der Waals surface area contributed by atoms with Crippen LogP contribution in [0.2, 0.25) is 0 Å². The van der Waals surface area contributed by atoms with E-state index in [0.717, 1.165) is 10.8 Å². The van der Waals surface area contributed by atoms with Crippen molar-refractivity contribution in [3.63, 3.8) is 0 Å². The number of hydrogen-bond donors (Lipinski definition) is 0. The Morgan fingerprint density at radius 1 is 0.714 bits per heavy atom. The van der Waals surface area contributed by atoms with Crippen LogP contribution in [0.5, 0.6) is 0 Å². The first-order chi connectivity index (χ1) is 10.4. The molecule has 0 aliphatic carbocycles. The van der Waals surface area contributed by atoms with Crippen molar-refractivity contribution in [3.8, 4) is 0 Å². The van der Waals surface area contributed by atoms with Crippen LogP contribution in [0.25, 0.3) is 0 Å². The molecule has 2 aromatic carbocycles. The van der Waals surface area contributed by atoms with Crippen molar-refractivity contribution < 1.29 is 0 Å². The number of hydrogen-bond acceptors (Lipinski definition) is 2. The maximum absolute atomic E-state index is 4.40. The molecule has 3 aromatic rings. The second-order valence-corrected chi connectivity index (χ2v) is 5.89. The summed E-state index contributed by atoms with van der Waals surface area (Å²) in [6.45, 7) is 0. The van der Waals surface area contributed by atoms with Crippen LogP contribution in [0.1, 0.15) is 17.0 Å². The fourth-order valence-electron chi connectivity index (χ4n) is 2.36. The van der Waals surface area contributed by atoms with Gasteiger partial charge in [0.25, 0.3) is 0 Å². The van der Waals surface area contributed by atoms with E-state index in [1.165, 1.54) is 11.1 Å². The molecule has 0 bridgehead atoms. The second-order valence-electron chi connectivity index (χ2n) is 4.85. The summed E-state index contributed by atoms with van der Waals surface area (Å²) in [6, 6.07) is 27.4. The van der Waals surface area contributed by atoms with Gasteiger partial charge in [0.15, 0.2) is 0 Å². The molecule has 0 unspecified atom stereocenters. The van der Waals surface area contributed by atoms with Crippen molar-refractivity contribution in [1.82, 2.24) is 4.98 Å². The van der Waals surface area contributed by atoms with Crippen LogP contribution in [-0.4, -0.2) is 10.7 Å². The number of pyridine rings is 1. The maximum Gasteiger partial charge on any atom is 0.0960 e. The van der Waals surface area contributed by atoms with Crippen molar-refractivity contribution in [2.75, 3.05) is 5.75 Å². The van der Waals surface area contributed by atoms with E-state index >= 15 is 0 Å². The number of benzene rings is 2. The average molecular weight is 291 g/mol. The van der Waals surface area contributed by atoms with Crippen molar-refractivity contribution >= 4 is 11.8 Å². The average Bonchev–Trinajstić information content (AvgIpc) is 2.58. The lowest BCUT2D eigenvalue weighted by Crippen LogP contribution is -2.04. The van der Waals surface area contributed by atoms with Crippen LogP contribution in [0, 0.1) is 0 Å². The van der Waals surface area contributed by atoms with E-state index in [9.17, 15) is 0 Å². The van der Waals surface area contributed by atoms with Crippen LogP contribution >= 0.6 is 11.8 Å². The Hall–Kier alpha value is -2.06. The van der Waals surface area contributed by atoms with Gasteiger partial charge in [0, 0.05) is 17.9 Å². The van der Waals surface area contributed by atoms with Gasteiger partial charge >= 0.3 is 0 Å². The van der Waals surface area contributed by atoms with E-state index in [1.54, 1.807) is 0 Å². The van der Waals surface area contributed by atoms with Gasteiger partial charge in [-0.05, 0) is 23.3 Å². The Balaban J connectivity index is 1.83. The molecule has 0 radical (unpaired) electrons. The molecule has 104 valence electrons. The topological polar surface area (TPSA) is 12.9 Å². The maximum atomic E-state index is 4.40. The van der Waals surface area contributed by atoms with Crippen molar-refractivity contribution in [2.45, 2.75) is 10.9 Å². The fourth-order valence-corrected chi connectivity index (χ4v) is 3.39. The third kappa shape index (κ3) is 3.73. The third-order valence-electron chi connectivity index (χ3n) is 3.44. The molecule has 0 saturated heterocycles. The zero-order valence-electron chi connectivity index (χ0n) is 11.7. The lowest BCUT2D eigenvalue weighted by Gasteiger charge is -2.17. The number of nitrogens with zero attached hydrogens (tertiary/aromatic N) is 1. The molecule has 0 aliphatic rings. The van der Waals surface area contributed by atoms with Crippen LogP contribution in [0.3, 0.4) is 0 Å². The molecule has 2 heteroatoms. The number of aromatic nitrogens is 1. The Kier molecular flexibility index (Phi) is 4.70. The highest BCUT2D eigenvalue weighted by Crippen LogP contribution is 2.30. The van der Waals surface area contributed by atoms with Gasteiger partial charge in [0.1, 0.15) is 0 Å². The summed E-state index contributed by atoms with van der Waals surface area (Å²) < 4.78 is 0. The molecule has 1 aromatic heterocycles. The summed E-state index contributed by atoms with van der Waals surface area (Å²) in [4.78, 5) is 4.40. The molecule has 0 saturated carbocycles. The first-order valence-corrected chi connectivity index (χ1v) is 8.06. The summed E-state index contributed by atoms with van der Waals surface area (Å²) >= 11 is 1.81. The SMILES string of the molecule is c1ccc(C(CSc2ccccn2)c2ccccc2)cc1. The highest BCUT2D eigenvalue weighted by molar-refractivity contribution is 7.99. The Morgan fingerprint density at radius 2 is 1.29 bits per heavy atom. The van der Waals surface area contributed by atoms with Gasteiger partial charge in [-0.3, -0.25) is 0 Å². The predicted molar refractivity (Wildman–Crippen MR) is 89.7 cm³/mol. The summed E-state index contributed by atoms with van der Waals surface area (Å²) in [5, 5.41) is 1.08. The molecule has 0 N–H and O–H groups in total. The third-order valence-corrected chi connectivity index (χ3v) is 4.48. The summed E-state index contributed by atoms with van der Waals surface area (Å²) in [7, 11) is 0. The van der Waals surface area contributed by atoms with Gasteiger partial charge < -0.3 is 0 Å². The molecule has 0 amide bonds. The van der Waals surface area contributed by atoms with E-state index in [2.05, 4.69) is 71.7 Å². The zero-order chi connectivity index (χ0) is 14.3. The van der Waals surface area contributed by atoms with Gasteiger partial charge in [-0.15, -0.1) is 11.8 Å². The van der Waals surface area contributed by atoms with E-state index < -0.39 is 0 Å². The predicted octanol–water partition coefficient (Wildman–Crippen LogP) is 5.01. The van der Waals surface area contributed by atoms with E-state index in [4.69, 9.17) is 0 Å². The number of rotatable bonds is 5. The van der Waals surface area contributed by atoms with Gasteiger partial charge in [-0.2, -0.15) is 0 Å². The molecule has 3 rings (SSSR count). The van der Waals surface area contributed by atoms with Gasteiger partial charge in [-0.25, -0.2) is 4.98 Å². The van der Waals surface area contributed by atoms with Gasteiger partial charge in [0.2, 0.25) is 0 Å². The molecular formula is C19H17NS. The molecule has 0 spiro atoms. The highest BCUT2D eigenvalue weighted by Gasteiger charge is 2.14. The van der Waals surface area contributed by atoms with Crippen LogP contribution in [0.15, 0.2) is 90.1 Å². The lowest BCUT2D eigenvalue weighted by atomic mass is 9.93. The van der Waals surface area contributed by atoms with Gasteiger partial charge in [-0.1, -0.05) is 66.7 Å². The van der Waals surface area contributed by atoms with Crippen LogP contribution < -0.4 is 0 Å². The quantitative estimate of drug-likeness (QED) is 0.613. The molecule has 21 heavy (non-hydrogen) atoms. The lowest BCUT2D eigenvalue weighted by molar-refractivity contribution is 0.933. The second kappa shape index (κ2) is 7.09. The van der Waals surface area contributed by atoms with Crippen molar-refractivity contribution in [3.05, 3.63) is 96.2 Å². The largest absolute Gasteiger partial charge is 0.250 e. The summed E-state index contributed by atoms with van der Waals surface area (Å²) in [5.74, 6) is 1.38. The highest BCUT2D eigenvalue weighted by atomic mass is 32.2. The standard InChI is InChI=1S/C19H17NS/c1-3-9-16(10-4-1)18(17-11-5-2-6-12-17)15-21-19-13-7-8-14-20-19/h1-14,18H,15H2. The molecular weight excluding hydrogens is 274 g/mol. The Bertz CT molecular complexity index is 613. The van der Waals surface area contributed by atoms with E-state index in [1.807, 2.05) is 30.1 Å². The fraction of sp³-hybridized carbons (Fsp3) is 0.105. The molecule has 1 heterocycles. The zero-order valence-corrected chi connectivity index (χ0v) is 12.5. The normalized spacial score (nSPS) is 10.7. The minimum atomic E-state index is 0.388. The van der Waals surface area contributed by atoms with E-state index in [0.29, 0.717) is 5.92 Å². The van der Waals surface area contributed by atoms with Crippen molar-refractivity contribution in [2.24, 2.45) is 0 Å². The molecule has 1 nitrogen and oxygen atoms in total. The Morgan fingerprint density at radius 3 is 1.81 bits per heavy atom. The minimum Gasteiger partial charge on any atom is -0.250 e. The molecule has 0 fully saturated rings. The minimum absolute atomic E-state index is 0.388. The molecule has 0 aliphatic heterocycles.